The predicted octanol–water partition coefficient (Wildman–Crippen LogP) is 1.49. The summed E-state index contributed by atoms with van der Waals surface area (Å²) in [5.41, 5.74) is 9.59. The normalized spacial score (nSPS) is 7.90. The van der Waals surface area contributed by atoms with E-state index in [0.717, 1.165) is 53.8 Å². The van der Waals surface area contributed by atoms with Gasteiger partial charge in [0, 0.05) is 66.9 Å². The number of phenols is 1. The van der Waals surface area contributed by atoms with Crippen LogP contribution >= 0.6 is 0 Å². The maximum Gasteiger partial charge on any atom is 0.342 e. The topological polar surface area (TPSA) is 424 Å². The van der Waals surface area contributed by atoms with Crippen LogP contribution in [0, 0.1) is 10.1 Å². The van der Waals surface area contributed by atoms with Crippen LogP contribution in [0.15, 0.2) is 48.5 Å². The Morgan fingerprint density at radius 1 is 0.600 bits per heavy atom. The van der Waals surface area contributed by atoms with Crippen LogP contribution in [0.1, 0.15) is 55.3 Å². The van der Waals surface area contributed by atoms with E-state index in [1.165, 1.54) is 30.3 Å². The minimum Gasteiger partial charge on any atom is -0.507 e. The van der Waals surface area contributed by atoms with Gasteiger partial charge >= 0.3 is 11.9 Å². The quantitative estimate of drug-likeness (QED) is 0.109. The Balaban J connectivity index is -0.0000000887. The number of aromatic hydroxyl groups is 1. The highest BCUT2D eigenvalue weighted by Gasteiger charge is 2.17. The lowest BCUT2D eigenvalue weighted by molar-refractivity contribution is -0.385. The number of para-hydroxylation sites is 2. The molecule has 0 aliphatic carbocycles. The molecule has 0 atom stereocenters. The summed E-state index contributed by atoms with van der Waals surface area (Å²) in [6, 6.07) is 11.0. The number of benzene rings is 2. The Hall–Kier alpha value is -6.23. The van der Waals surface area contributed by atoms with E-state index in [1.807, 2.05) is 0 Å². The first kappa shape index (κ1) is 59.2. The molecule has 16 N–H and O–H groups in total. The fourth-order valence-corrected chi connectivity index (χ4v) is 1.80. The van der Waals surface area contributed by atoms with Crippen LogP contribution in [0.3, 0.4) is 0 Å². The van der Waals surface area contributed by atoms with Gasteiger partial charge in [-0.1, -0.05) is 24.3 Å². The molecule has 0 amide bonds. The van der Waals surface area contributed by atoms with Crippen LogP contribution < -0.4 is 22.9 Å². The van der Waals surface area contributed by atoms with Gasteiger partial charge < -0.3 is 63.8 Å². The number of aromatic carboxylic acids is 2. The van der Waals surface area contributed by atoms with E-state index < -0.39 is 46.7 Å². The third kappa shape index (κ3) is 68.8. The Labute approximate surface area is 286 Å². The molecule has 0 spiro atoms. The van der Waals surface area contributed by atoms with Gasteiger partial charge in [-0.2, -0.15) is 0 Å². The fourth-order valence-electron chi connectivity index (χ4n) is 1.80. The number of nitrogens with zero attached hydrogens (tertiary/aromatic N) is 1. The van der Waals surface area contributed by atoms with E-state index in [4.69, 9.17) is 76.3 Å². The van der Waals surface area contributed by atoms with Crippen LogP contribution in [-0.4, -0.2) is 114 Å². The molecule has 2 aromatic carbocycles. The standard InChI is InChI=1S/C7H5NO4.C7H6O3.C4H13N3.5C2H4O2.H3N/c9-7(10)5-3-1-2-4-6(5)8(11)12;8-6-4-2-1-3-5(6)7(9)10;5-1-3-7-4-2-6;5*1-2(3)4;/h1-4H,(H,9,10);1-4,8H,(H,9,10);7H,1-6H2;5*1H3,(H,3,4);1H3. The highest BCUT2D eigenvalue weighted by atomic mass is 16.6. The molecule has 0 aromatic heterocycles. The van der Waals surface area contributed by atoms with Crippen molar-refractivity contribution < 1.29 is 79.3 Å². The SMILES string of the molecule is CC(=O)O.CC(=O)O.CC(=O)O.CC(=O)O.CC(=O)O.N.NCCNCCN.O=C(O)c1ccccc1O.O=C(O)c1ccccc1[N+](=O)[O-]. The molecule has 0 aliphatic rings. The number of aliphatic carboxylic acids is 5. The van der Waals surface area contributed by atoms with Crippen molar-refractivity contribution in [2.24, 2.45) is 11.5 Å². The number of carboxylic acids is 7. The maximum atomic E-state index is 10.4. The van der Waals surface area contributed by atoms with Crippen molar-refractivity contribution in [3.8, 4) is 5.75 Å². The van der Waals surface area contributed by atoms with Crippen molar-refractivity contribution in [2.45, 2.75) is 34.6 Å². The van der Waals surface area contributed by atoms with Crippen LogP contribution in [0.2, 0.25) is 0 Å². The van der Waals surface area contributed by atoms with Gasteiger partial charge in [-0.05, 0) is 18.2 Å². The van der Waals surface area contributed by atoms with Crippen LogP contribution in [0.5, 0.6) is 5.75 Å². The average Bonchev–Trinajstić information content (AvgIpc) is 2.92. The first-order chi connectivity index (χ1) is 22.4. The van der Waals surface area contributed by atoms with Crippen molar-refractivity contribution in [3.05, 3.63) is 69.8 Å². The minimum absolute atomic E-state index is 0. The number of nitro groups is 1. The molecule has 2 aromatic rings. The number of rotatable bonds is 7. The molecule has 286 valence electrons. The Bertz CT molecular complexity index is 1150. The van der Waals surface area contributed by atoms with Gasteiger partial charge in [0.2, 0.25) is 0 Å². The molecule has 0 aliphatic heterocycles. The molecule has 0 fully saturated rings. The molecule has 2 rings (SSSR count). The molecule has 0 heterocycles. The third-order valence-electron chi connectivity index (χ3n) is 3.11. The summed E-state index contributed by atoms with van der Waals surface area (Å²) < 4.78 is 0. The van der Waals surface area contributed by atoms with Gasteiger partial charge in [-0.3, -0.25) is 34.1 Å². The van der Waals surface area contributed by atoms with Crippen LogP contribution in [0.25, 0.3) is 0 Å². The molecule has 0 saturated heterocycles. The smallest absolute Gasteiger partial charge is 0.342 e. The summed E-state index contributed by atoms with van der Waals surface area (Å²) in [6.45, 7) is 8.55. The highest BCUT2D eigenvalue weighted by molar-refractivity contribution is 5.92. The summed E-state index contributed by atoms with van der Waals surface area (Å²) in [4.78, 5) is 75.2. The maximum absolute atomic E-state index is 10.4. The number of carbonyl (C=O) groups is 7. The van der Waals surface area contributed by atoms with Crippen molar-refractivity contribution in [2.75, 3.05) is 26.2 Å². The number of nitrogens with one attached hydrogen (secondary N) is 1. The lowest BCUT2D eigenvalue weighted by Crippen LogP contribution is -2.27. The van der Waals surface area contributed by atoms with Crippen molar-refractivity contribution >= 4 is 47.5 Å². The molecular formula is C28H47N5O17. The van der Waals surface area contributed by atoms with Crippen molar-refractivity contribution in [3.63, 3.8) is 0 Å². The molecular weight excluding hydrogens is 678 g/mol. The van der Waals surface area contributed by atoms with Gasteiger partial charge in [-0.25, -0.2) is 9.59 Å². The predicted molar refractivity (Wildman–Crippen MR) is 178 cm³/mol. The van der Waals surface area contributed by atoms with E-state index in [0.29, 0.717) is 13.1 Å². The Kier molecular flexibility index (Phi) is 48.3. The number of hydrogen-bond donors (Lipinski definition) is 12. The summed E-state index contributed by atoms with van der Waals surface area (Å²) in [7, 11) is 0. The summed E-state index contributed by atoms with van der Waals surface area (Å²) >= 11 is 0. The Morgan fingerprint density at radius 3 is 1.06 bits per heavy atom. The fraction of sp³-hybridized carbons (Fsp3) is 0.321. The zero-order valence-corrected chi connectivity index (χ0v) is 28.0. The average molecular weight is 726 g/mol. The summed E-state index contributed by atoms with van der Waals surface area (Å²) in [5, 5.41) is 76.2. The van der Waals surface area contributed by atoms with Crippen molar-refractivity contribution in [1.82, 2.24) is 11.5 Å². The molecule has 0 radical (unpaired) electrons. The number of carboxylic acid groups (broad SMARTS) is 7. The zero-order valence-electron chi connectivity index (χ0n) is 28.0. The molecule has 22 heteroatoms. The van der Waals surface area contributed by atoms with Crippen molar-refractivity contribution in [1.29, 1.82) is 0 Å². The lowest BCUT2D eigenvalue weighted by Gasteiger charge is -1.95. The van der Waals surface area contributed by atoms with Crippen LogP contribution in [0.4, 0.5) is 5.69 Å². The Morgan fingerprint density at radius 2 is 0.860 bits per heavy atom. The van der Waals surface area contributed by atoms with E-state index in [9.17, 15) is 19.7 Å². The summed E-state index contributed by atoms with van der Waals surface area (Å²) in [5.74, 6) is -6.77. The van der Waals surface area contributed by atoms with E-state index in [-0.39, 0.29) is 28.7 Å². The summed E-state index contributed by atoms with van der Waals surface area (Å²) in [6.07, 6.45) is 0. The first-order valence-corrected chi connectivity index (χ1v) is 13.0. The number of nitrogens with two attached hydrogens (primary N) is 2. The minimum atomic E-state index is -1.29. The molecule has 0 saturated carbocycles. The van der Waals surface area contributed by atoms with Gasteiger partial charge in [0.1, 0.15) is 16.9 Å². The zero-order chi connectivity index (χ0) is 40.1. The van der Waals surface area contributed by atoms with Gasteiger partial charge in [0.05, 0.1) is 4.92 Å². The van der Waals surface area contributed by atoms with E-state index in [1.54, 1.807) is 12.1 Å². The second kappa shape index (κ2) is 40.8. The monoisotopic (exact) mass is 725 g/mol. The number of nitro benzene ring substituents is 1. The molecule has 0 unspecified atom stereocenters. The number of hydrogen-bond acceptors (Lipinski definition) is 14. The third-order valence-corrected chi connectivity index (χ3v) is 3.11. The second-order valence-corrected chi connectivity index (χ2v) is 7.82. The lowest BCUT2D eigenvalue weighted by atomic mass is 10.2. The van der Waals surface area contributed by atoms with Gasteiger partial charge in [-0.15, -0.1) is 0 Å². The van der Waals surface area contributed by atoms with Gasteiger partial charge in [0.15, 0.2) is 0 Å². The van der Waals surface area contributed by atoms with Gasteiger partial charge in [0.25, 0.3) is 35.5 Å². The van der Waals surface area contributed by atoms with E-state index >= 15 is 0 Å². The molecule has 50 heavy (non-hydrogen) atoms. The first-order valence-electron chi connectivity index (χ1n) is 13.0. The molecule has 0 bridgehead atoms. The largest absolute Gasteiger partial charge is 0.507 e. The molecule has 22 nitrogen and oxygen atoms in total. The van der Waals surface area contributed by atoms with E-state index in [2.05, 4.69) is 5.32 Å². The second-order valence-electron chi connectivity index (χ2n) is 7.82. The highest BCUT2D eigenvalue weighted by Crippen LogP contribution is 2.17. The van der Waals surface area contributed by atoms with Crippen LogP contribution in [-0.2, 0) is 24.0 Å².